The third kappa shape index (κ3) is 4.55. The number of hydrogen-bond donors (Lipinski definition) is 2. The second-order valence-corrected chi connectivity index (χ2v) is 7.06. The second-order valence-electron chi connectivity index (χ2n) is 5.38. The van der Waals surface area contributed by atoms with Crippen LogP contribution in [0.4, 0.5) is 15.8 Å². The molecule has 0 saturated carbocycles. The predicted octanol–water partition coefficient (Wildman–Crippen LogP) is 3.54. The van der Waals surface area contributed by atoms with E-state index in [1.165, 1.54) is 31.2 Å². The largest absolute Gasteiger partial charge is 0.324 e. The Hall–Kier alpha value is -2.41. The molecule has 128 valence electrons. The van der Waals surface area contributed by atoms with Gasteiger partial charge >= 0.3 is 0 Å². The fourth-order valence-corrected chi connectivity index (χ4v) is 3.26. The van der Waals surface area contributed by atoms with Gasteiger partial charge in [0.2, 0.25) is 5.91 Å². The summed E-state index contributed by atoms with van der Waals surface area (Å²) in [7, 11) is -3.79. The third-order valence-electron chi connectivity index (χ3n) is 3.30. The molecule has 7 heteroatoms. The summed E-state index contributed by atoms with van der Waals surface area (Å²) in [5, 5.41) is 2.31. The molecule has 0 saturated heterocycles. The number of anilines is 2. The van der Waals surface area contributed by atoms with E-state index in [0.717, 1.165) is 24.5 Å². The molecule has 0 atom stereocenters. The Kier molecular flexibility index (Phi) is 5.56. The number of carbonyl (C=O) groups is 1. The molecule has 0 aliphatic rings. The van der Waals surface area contributed by atoms with Crippen molar-refractivity contribution in [1.29, 1.82) is 0 Å². The summed E-state index contributed by atoms with van der Waals surface area (Å²) in [5.41, 5.74) is 1.14. The molecule has 5 nitrogen and oxygen atoms in total. The first-order valence-corrected chi connectivity index (χ1v) is 8.99. The highest BCUT2D eigenvalue weighted by atomic mass is 32.2. The van der Waals surface area contributed by atoms with E-state index in [0.29, 0.717) is 0 Å². The van der Waals surface area contributed by atoms with Gasteiger partial charge in [0.1, 0.15) is 5.82 Å². The summed E-state index contributed by atoms with van der Waals surface area (Å²) < 4.78 is 40.8. The fourth-order valence-electron chi connectivity index (χ4n) is 2.21. The quantitative estimate of drug-likeness (QED) is 0.837. The van der Waals surface area contributed by atoms with Crippen LogP contribution in [0.2, 0.25) is 0 Å². The van der Waals surface area contributed by atoms with Crippen molar-refractivity contribution in [3.8, 4) is 0 Å². The first kappa shape index (κ1) is 17.9. The lowest BCUT2D eigenvalue weighted by Crippen LogP contribution is -2.14. The zero-order valence-electron chi connectivity index (χ0n) is 13.5. The van der Waals surface area contributed by atoms with Crippen LogP contribution < -0.4 is 10.0 Å². The average molecular weight is 350 g/mol. The standard InChI is InChI=1S/C17H19FN2O3S/c1-3-4-13-5-8-15(9-6-13)24(22,23)20-14-7-10-16(18)17(11-14)19-12(2)21/h5-11,20H,3-4H2,1-2H3,(H,19,21). The summed E-state index contributed by atoms with van der Waals surface area (Å²) in [4.78, 5) is 11.2. The van der Waals surface area contributed by atoms with Gasteiger partial charge < -0.3 is 5.32 Å². The van der Waals surface area contributed by atoms with Crippen molar-refractivity contribution in [1.82, 2.24) is 0 Å². The molecule has 2 rings (SSSR count). The van der Waals surface area contributed by atoms with Gasteiger partial charge in [-0.3, -0.25) is 9.52 Å². The first-order chi connectivity index (χ1) is 11.3. The molecule has 0 fully saturated rings. The monoisotopic (exact) mass is 350 g/mol. The maximum absolute atomic E-state index is 13.6. The van der Waals surface area contributed by atoms with Crippen LogP contribution in [0, 0.1) is 5.82 Å². The van der Waals surface area contributed by atoms with Gasteiger partial charge in [-0.05, 0) is 42.3 Å². The van der Waals surface area contributed by atoms with Crippen molar-refractivity contribution >= 4 is 27.3 Å². The Balaban J connectivity index is 2.24. The summed E-state index contributed by atoms with van der Waals surface area (Å²) in [6.45, 7) is 3.29. The molecular formula is C17H19FN2O3S. The molecule has 24 heavy (non-hydrogen) atoms. The lowest BCUT2D eigenvalue weighted by atomic mass is 10.1. The molecule has 0 unspecified atom stereocenters. The Morgan fingerprint density at radius 1 is 1.12 bits per heavy atom. The summed E-state index contributed by atoms with van der Waals surface area (Å²) in [6.07, 6.45) is 1.86. The van der Waals surface area contributed by atoms with Gasteiger partial charge in [-0.15, -0.1) is 0 Å². The normalized spacial score (nSPS) is 11.1. The van der Waals surface area contributed by atoms with E-state index in [4.69, 9.17) is 0 Å². The van der Waals surface area contributed by atoms with E-state index in [1.54, 1.807) is 12.1 Å². The average Bonchev–Trinajstić information content (AvgIpc) is 2.51. The van der Waals surface area contributed by atoms with Crippen molar-refractivity contribution in [2.75, 3.05) is 10.0 Å². The topological polar surface area (TPSA) is 75.3 Å². The molecule has 1 amide bonds. The minimum atomic E-state index is -3.79. The van der Waals surface area contributed by atoms with Gasteiger partial charge in [-0.25, -0.2) is 12.8 Å². The van der Waals surface area contributed by atoms with E-state index < -0.39 is 21.7 Å². The Bertz CT molecular complexity index is 833. The number of nitrogens with one attached hydrogen (secondary N) is 2. The number of amides is 1. The fraction of sp³-hybridized carbons (Fsp3) is 0.235. The maximum Gasteiger partial charge on any atom is 0.261 e. The van der Waals surface area contributed by atoms with Crippen molar-refractivity contribution in [2.24, 2.45) is 0 Å². The van der Waals surface area contributed by atoms with Crippen LogP contribution in [0.15, 0.2) is 47.4 Å². The number of hydrogen-bond acceptors (Lipinski definition) is 3. The second kappa shape index (κ2) is 7.44. The van der Waals surface area contributed by atoms with E-state index >= 15 is 0 Å². The molecule has 0 spiro atoms. The molecule has 0 radical (unpaired) electrons. The van der Waals surface area contributed by atoms with Crippen molar-refractivity contribution in [2.45, 2.75) is 31.6 Å². The molecule has 0 aliphatic heterocycles. The van der Waals surface area contributed by atoms with E-state index in [9.17, 15) is 17.6 Å². The molecule has 2 aromatic carbocycles. The smallest absolute Gasteiger partial charge is 0.261 e. The van der Waals surface area contributed by atoms with Gasteiger partial charge in [-0.2, -0.15) is 0 Å². The van der Waals surface area contributed by atoms with E-state index in [2.05, 4.69) is 10.0 Å². The minimum absolute atomic E-state index is 0.0824. The molecule has 0 aromatic heterocycles. The summed E-state index contributed by atoms with van der Waals surface area (Å²) >= 11 is 0. The number of benzene rings is 2. The number of sulfonamides is 1. The van der Waals surface area contributed by atoms with Crippen LogP contribution in [0.3, 0.4) is 0 Å². The zero-order valence-corrected chi connectivity index (χ0v) is 14.3. The van der Waals surface area contributed by atoms with Gasteiger partial charge in [0.05, 0.1) is 16.3 Å². The number of rotatable bonds is 6. The Morgan fingerprint density at radius 3 is 2.38 bits per heavy atom. The molecule has 2 N–H and O–H groups in total. The van der Waals surface area contributed by atoms with Gasteiger partial charge in [0.15, 0.2) is 0 Å². The molecule has 0 bridgehead atoms. The first-order valence-electron chi connectivity index (χ1n) is 7.50. The minimum Gasteiger partial charge on any atom is -0.324 e. The van der Waals surface area contributed by atoms with Gasteiger partial charge in [-0.1, -0.05) is 25.5 Å². The van der Waals surface area contributed by atoms with Gasteiger partial charge in [0, 0.05) is 6.92 Å². The number of carbonyl (C=O) groups excluding carboxylic acids is 1. The molecule has 0 aliphatic carbocycles. The van der Waals surface area contributed by atoms with Crippen LogP contribution >= 0.6 is 0 Å². The number of aryl methyl sites for hydroxylation is 1. The SMILES string of the molecule is CCCc1ccc(S(=O)(=O)Nc2ccc(F)c(NC(C)=O)c2)cc1. The van der Waals surface area contributed by atoms with Crippen LogP contribution in [0.25, 0.3) is 0 Å². The zero-order chi connectivity index (χ0) is 17.7. The van der Waals surface area contributed by atoms with Crippen molar-refractivity contribution in [3.63, 3.8) is 0 Å². The van der Waals surface area contributed by atoms with Crippen LogP contribution in [-0.2, 0) is 21.2 Å². The van der Waals surface area contributed by atoms with Crippen molar-refractivity contribution < 1.29 is 17.6 Å². The van der Waals surface area contributed by atoms with Crippen molar-refractivity contribution in [3.05, 3.63) is 53.8 Å². The van der Waals surface area contributed by atoms with E-state index in [1.807, 2.05) is 6.92 Å². The highest BCUT2D eigenvalue weighted by molar-refractivity contribution is 7.92. The van der Waals surface area contributed by atoms with Crippen LogP contribution in [0.1, 0.15) is 25.8 Å². The van der Waals surface area contributed by atoms with Crippen LogP contribution in [0.5, 0.6) is 0 Å². The third-order valence-corrected chi connectivity index (χ3v) is 4.70. The van der Waals surface area contributed by atoms with E-state index in [-0.39, 0.29) is 16.3 Å². The summed E-state index contributed by atoms with van der Waals surface area (Å²) in [5.74, 6) is -1.09. The lowest BCUT2D eigenvalue weighted by Gasteiger charge is -2.11. The highest BCUT2D eigenvalue weighted by Gasteiger charge is 2.15. The molecule has 2 aromatic rings. The van der Waals surface area contributed by atoms with Gasteiger partial charge in [0.25, 0.3) is 10.0 Å². The maximum atomic E-state index is 13.6. The lowest BCUT2D eigenvalue weighted by molar-refractivity contribution is -0.114. The van der Waals surface area contributed by atoms with Crippen LogP contribution in [-0.4, -0.2) is 14.3 Å². The molecular weight excluding hydrogens is 331 g/mol. The molecule has 0 heterocycles. The highest BCUT2D eigenvalue weighted by Crippen LogP contribution is 2.22. The summed E-state index contributed by atoms with van der Waals surface area (Å²) in [6, 6.07) is 10.2. The Labute approximate surface area is 141 Å². The number of halogens is 1. The Morgan fingerprint density at radius 2 is 1.79 bits per heavy atom. The predicted molar refractivity (Wildman–Crippen MR) is 91.9 cm³/mol.